The van der Waals surface area contributed by atoms with Crippen molar-refractivity contribution in [2.75, 3.05) is 31.7 Å². The highest BCUT2D eigenvalue weighted by molar-refractivity contribution is 6.08. The third kappa shape index (κ3) is 4.26. The van der Waals surface area contributed by atoms with Gasteiger partial charge in [-0.15, -0.1) is 0 Å². The first kappa shape index (κ1) is 23.1. The Labute approximate surface area is 194 Å². The quantitative estimate of drug-likeness (QED) is 0.448. The monoisotopic (exact) mass is 468 g/mol. The summed E-state index contributed by atoms with van der Waals surface area (Å²) in [5.41, 5.74) is 11.2. The Balaban J connectivity index is 1.83. The number of nitrogens with one attached hydrogen (secondary N) is 1. The van der Waals surface area contributed by atoms with E-state index in [0.717, 1.165) is 35.1 Å². The van der Waals surface area contributed by atoms with Gasteiger partial charge < -0.3 is 20.5 Å². The number of anilines is 2. The summed E-state index contributed by atoms with van der Waals surface area (Å²) in [5.74, 6) is -0.411. The molecule has 0 aliphatic carbocycles. The number of nitrogen functional groups attached to an aromatic ring is 1. The minimum Gasteiger partial charge on any atom is -0.388 e. The smallest absolute Gasteiger partial charge is 0.388 e. The fourth-order valence-electron chi connectivity index (χ4n) is 4.03. The summed E-state index contributed by atoms with van der Waals surface area (Å²) in [6.07, 6.45) is -3.07. The highest BCUT2D eigenvalue weighted by Crippen LogP contribution is 2.41. The van der Waals surface area contributed by atoms with Gasteiger partial charge >= 0.3 is 6.18 Å². The van der Waals surface area contributed by atoms with Crippen LogP contribution in [-0.4, -0.2) is 52.2 Å². The molecule has 0 fully saturated rings. The van der Waals surface area contributed by atoms with E-state index in [0.29, 0.717) is 21.8 Å². The van der Waals surface area contributed by atoms with Crippen molar-refractivity contribution < 1.29 is 18.0 Å². The van der Waals surface area contributed by atoms with Gasteiger partial charge in [-0.1, -0.05) is 24.3 Å². The standard InChI is InChI=1S/C24H23F3N6O/c1-29-17-10-8-15(9-11-17)20-18(19-21(28)30-13-31-22(19)33(20)3)14-4-6-16(7-5-14)23(34)32(2)12-24(25,26)27/h4-11,13,29H,12H2,1-3H3,(H2,28,30,31). The number of halogens is 3. The molecule has 4 aromatic rings. The Morgan fingerprint density at radius 3 is 2.26 bits per heavy atom. The number of hydrogen-bond donors (Lipinski definition) is 2. The minimum absolute atomic E-state index is 0.153. The molecule has 0 spiro atoms. The van der Waals surface area contributed by atoms with Gasteiger partial charge in [-0.25, -0.2) is 9.97 Å². The lowest BCUT2D eigenvalue weighted by Gasteiger charge is -2.19. The summed E-state index contributed by atoms with van der Waals surface area (Å²) in [7, 11) is 4.84. The largest absolute Gasteiger partial charge is 0.406 e. The van der Waals surface area contributed by atoms with E-state index in [9.17, 15) is 18.0 Å². The summed E-state index contributed by atoms with van der Waals surface area (Å²) in [6.45, 7) is -1.32. The van der Waals surface area contributed by atoms with Crippen LogP contribution in [0.25, 0.3) is 33.4 Å². The van der Waals surface area contributed by atoms with Gasteiger partial charge in [-0.05, 0) is 35.4 Å². The lowest BCUT2D eigenvalue weighted by atomic mass is 9.97. The van der Waals surface area contributed by atoms with Gasteiger partial charge in [0.15, 0.2) is 0 Å². The van der Waals surface area contributed by atoms with Crippen molar-refractivity contribution in [2.45, 2.75) is 6.18 Å². The van der Waals surface area contributed by atoms with E-state index in [-0.39, 0.29) is 5.56 Å². The van der Waals surface area contributed by atoms with Crippen molar-refractivity contribution in [3.05, 3.63) is 60.4 Å². The molecule has 0 saturated carbocycles. The van der Waals surface area contributed by atoms with Crippen LogP contribution in [0.2, 0.25) is 0 Å². The van der Waals surface area contributed by atoms with Gasteiger partial charge in [0.05, 0.1) is 11.1 Å². The molecule has 2 aromatic carbocycles. The number of benzene rings is 2. The minimum atomic E-state index is -4.47. The number of rotatable bonds is 5. The zero-order valence-electron chi connectivity index (χ0n) is 18.8. The maximum atomic E-state index is 12.7. The first-order valence-corrected chi connectivity index (χ1v) is 10.4. The fourth-order valence-corrected chi connectivity index (χ4v) is 4.03. The first-order chi connectivity index (χ1) is 16.1. The highest BCUT2D eigenvalue weighted by atomic mass is 19.4. The summed E-state index contributed by atoms with van der Waals surface area (Å²) in [5, 5.41) is 3.75. The number of carbonyl (C=O) groups excluding carboxylic acids is 1. The first-order valence-electron chi connectivity index (χ1n) is 10.4. The summed E-state index contributed by atoms with van der Waals surface area (Å²) in [4.78, 5) is 21.7. The maximum absolute atomic E-state index is 12.7. The second-order valence-electron chi connectivity index (χ2n) is 7.92. The molecule has 7 nitrogen and oxygen atoms in total. The van der Waals surface area contributed by atoms with Crippen LogP contribution in [0.15, 0.2) is 54.9 Å². The van der Waals surface area contributed by atoms with Crippen LogP contribution < -0.4 is 11.1 Å². The molecule has 0 unspecified atom stereocenters. The SMILES string of the molecule is CNc1ccc(-c2c(-c3ccc(C(=O)N(C)CC(F)(F)F)cc3)c3c(N)ncnc3n2C)cc1. The molecule has 34 heavy (non-hydrogen) atoms. The Morgan fingerprint density at radius 1 is 1.06 bits per heavy atom. The summed E-state index contributed by atoms with van der Waals surface area (Å²) >= 11 is 0. The number of fused-ring (bicyclic) bond motifs is 1. The lowest BCUT2D eigenvalue weighted by molar-refractivity contribution is -0.138. The number of alkyl halides is 3. The van der Waals surface area contributed by atoms with Crippen molar-refractivity contribution in [1.29, 1.82) is 0 Å². The lowest BCUT2D eigenvalue weighted by Crippen LogP contribution is -2.35. The molecule has 3 N–H and O–H groups in total. The predicted octanol–water partition coefficient (Wildman–Crippen LogP) is 4.56. The van der Waals surface area contributed by atoms with Gasteiger partial charge in [0.1, 0.15) is 24.3 Å². The highest BCUT2D eigenvalue weighted by Gasteiger charge is 2.31. The van der Waals surface area contributed by atoms with Crippen molar-refractivity contribution in [2.24, 2.45) is 7.05 Å². The van der Waals surface area contributed by atoms with Crippen LogP contribution in [0, 0.1) is 0 Å². The third-order valence-corrected chi connectivity index (χ3v) is 5.63. The maximum Gasteiger partial charge on any atom is 0.406 e. The number of aryl methyl sites for hydroxylation is 1. The Hall–Kier alpha value is -4.08. The zero-order valence-corrected chi connectivity index (χ0v) is 18.8. The molecule has 1 amide bonds. The van der Waals surface area contributed by atoms with E-state index < -0.39 is 18.6 Å². The van der Waals surface area contributed by atoms with Crippen molar-refractivity contribution in [1.82, 2.24) is 19.4 Å². The number of nitrogens with zero attached hydrogens (tertiary/aromatic N) is 4. The molecule has 4 rings (SSSR count). The molecule has 0 atom stereocenters. The van der Waals surface area contributed by atoms with Crippen molar-refractivity contribution >= 4 is 28.4 Å². The van der Waals surface area contributed by atoms with E-state index in [1.807, 2.05) is 42.9 Å². The van der Waals surface area contributed by atoms with Crippen LogP contribution in [-0.2, 0) is 7.05 Å². The van der Waals surface area contributed by atoms with Crippen LogP contribution >= 0.6 is 0 Å². The molecular formula is C24H23F3N6O. The Bertz CT molecular complexity index is 1340. The number of amides is 1. The molecule has 10 heteroatoms. The molecule has 0 saturated heterocycles. The Morgan fingerprint density at radius 2 is 1.68 bits per heavy atom. The van der Waals surface area contributed by atoms with E-state index >= 15 is 0 Å². The second kappa shape index (κ2) is 8.69. The summed E-state index contributed by atoms with van der Waals surface area (Å²) in [6, 6.07) is 14.2. The third-order valence-electron chi connectivity index (χ3n) is 5.63. The van der Waals surface area contributed by atoms with Crippen LogP contribution in [0.5, 0.6) is 0 Å². The molecule has 176 valence electrons. The average molecular weight is 468 g/mol. The van der Waals surface area contributed by atoms with E-state index in [1.54, 1.807) is 12.1 Å². The van der Waals surface area contributed by atoms with Gasteiger partial charge in [0, 0.05) is 38.0 Å². The molecule has 0 radical (unpaired) electrons. The molecule has 2 aromatic heterocycles. The summed E-state index contributed by atoms with van der Waals surface area (Å²) < 4.78 is 40.0. The van der Waals surface area contributed by atoms with Crippen molar-refractivity contribution in [3.8, 4) is 22.4 Å². The van der Waals surface area contributed by atoms with Gasteiger partial charge in [-0.2, -0.15) is 13.2 Å². The molecule has 2 heterocycles. The average Bonchev–Trinajstić information content (AvgIpc) is 3.11. The Kier molecular flexibility index (Phi) is 5.90. The van der Waals surface area contributed by atoms with Crippen molar-refractivity contribution in [3.63, 3.8) is 0 Å². The van der Waals surface area contributed by atoms with Gasteiger partial charge in [-0.3, -0.25) is 4.79 Å². The number of aromatic nitrogens is 3. The number of carbonyl (C=O) groups is 1. The van der Waals surface area contributed by atoms with Crippen LogP contribution in [0.4, 0.5) is 24.7 Å². The zero-order chi connectivity index (χ0) is 24.6. The molecule has 0 bridgehead atoms. The van der Waals surface area contributed by atoms with E-state index in [1.165, 1.54) is 18.5 Å². The van der Waals surface area contributed by atoms with Crippen LogP contribution in [0.1, 0.15) is 10.4 Å². The molecule has 0 aliphatic heterocycles. The number of hydrogen-bond acceptors (Lipinski definition) is 5. The van der Waals surface area contributed by atoms with Gasteiger partial charge in [0.2, 0.25) is 0 Å². The van der Waals surface area contributed by atoms with Gasteiger partial charge in [0.25, 0.3) is 5.91 Å². The number of nitrogens with two attached hydrogens (primary N) is 1. The predicted molar refractivity (Wildman–Crippen MR) is 126 cm³/mol. The van der Waals surface area contributed by atoms with Crippen LogP contribution in [0.3, 0.4) is 0 Å². The second-order valence-corrected chi connectivity index (χ2v) is 7.92. The molecule has 0 aliphatic rings. The molecular weight excluding hydrogens is 445 g/mol. The topological polar surface area (TPSA) is 89.1 Å². The normalized spacial score (nSPS) is 11.6. The van der Waals surface area contributed by atoms with E-state index in [4.69, 9.17) is 5.73 Å². The van der Waals surface area contributed by atoms with E-state index in [2.05, 4.69) is 15.3 Å². The fraction of sp³-hybridized carbons (Fsp3) is 0.208.